The monoisotopic (exact) mass is 759 g/mol. The molecule has 1 aliphatic carbocycles. The van der Waals surface area contributed by atoms with E-state index in [0.717, 1.165) is 44.9 Å². The Morgan fingerprint density at radius 1 is 0.482 bits per heavy atom. The number of thioether (sulfide) groups is 1. The smallest absolute Gasteiger partial charge is 0.255 e. The predicted octanol–water partition coefficient (Wildman–Crippen LogP) is 10.9. The highest BCUT2D eigenvalue weighted by Crippen LogP contribution is 2.33. The summed E-state index contributed by atoms with van der Waals surface area (Å²) in [5, 5.41) is 0. The third-order valence-electron chi connectivity index (χ3n) is 10.0. The fourth-order valence-corrected chi connectivity index (χ4v) is 7.41. The summed E-state index contributed by atoms with van der Waals surface area (Å²) in [7, 11) is 0. The topological polar surface area (TPSA) is 66.0 Å². The lowest BCUT2D eigenvalue weighted by Gasteiger charge is -2.22. The summed E-state index contributed by atoms with van der Waals surface area (Å²) >= 11 is 1.69. The van der Waals surface area contributed by atoms with Crippen molar-refractivity contribution in [3.8, 4) is 28.2 Å². The van der Waals surface area contributed by atoms with Crippen LogP contribution in [0.15, 0.2) is 177 Å². The molecule has 0 aliphatic heterocycles. The van der Waals surface area contributed by atoms with E-state index in [1.54, 1.807) is 43.7 Å². The van der Waals surface area contributed by atoms with Gasteiger partial charge in [0.15, 0.2) is 0 Å². The fourth-order valence-electron chi connectivity index (χ4n) is 7.00. The normalized spacial score (nSPS) is 12.5. The third-order valence-corrected chi connectivity index (χ3v) is 10.8. The molecule has 0 N–H and O–H groups in total. The minimum absolute atomic E-state index is 0.00232. The second-order valence-corrected chi connectivity index (χ2v) is 15.1. The van der Waals surface area contributed by atoms with Crippen molar-refractivity contribution in [1.82, 2.24) is 13.7 Å². The van der Waals surface area contributed by atoms with Crippen molar-refractivity contribution in [1.29, 1.82) is 0 Å². The lowest BCUT2D eigenvalue weighted by molar-refractivity contribution is 0.443. The van der Waals surface area contributed by atoms with Crippen LogP contribution >= 0.6 is 11.8 Å². The lowest BCUT2D eigenvalue weighted by atomic mass is 9.84. The van der Waals surface area contributed by atoms with Crippen LogP contribution < -0.4 is 16.7 Å². The number of pyridine rings is 3. The molecule has 0 bridgehead atoms. The number of aromatic nitrogens is 3. The summed E-state index contributed by atoms with van der Waals surface area (Å²) in [5.74, 6) is 0.715. The van der Waals surface area contributed by atoms with E-state index in [2.05, 4.69) is 36.4 Å². The van der Waals surface area contributed by atoms with E-state index >= 15 is 0 Å². The Bertz CT molecular complexity index is 2530. The minimum atomic E-state index is -0.0148. The largest absolute Gasteiger partial charge is 0.284 e. The van der Waals surface area contributed by atoms with Crippen molar-refractivity contribution in [3.05, 3.63) is 211 Å². The van der Waals surface area contributed by atoms with Crippen molar-refractivity contribution in [2.75, 3.05) is 6.26 Å². The Hall–Kier alpha value is -5.92. The number of hydrogen-bond acceptors (Lipinski definition) is 4. The molecule has 0 radical (unpaired) electrons. The molecule has 4 aromatic carbocycles. The van der Waals surface area contributed by atoms with Crippen molar-refractivity contribution in [3.63, 3.8) is 0 Å². The van der Waals surface area contributed by atoms with Gasteiger partial charge < -0.3 is 0 Å². The van der Waals surface area contributed by atoms with Crippen molar-refractivity contribution in [2.45, 2.75) is 63.7 Å². The van der Waals surface area contributed by atoms with Gasteiger partial charge in [0.1, 0.15) is 0 Å². The number of aryl methyl sites for hydroxylation is 3. The van der Waals surface area contributed by atoms with E-state index in [0.29, 0.717) is 5.92 Å². The van der Waals surface area contributed by atoms with E-state index in [1.165, 1.54) is 42.6 Å². The molecule has 0 spiro atoms. The van der Waals surface area contributed by atoms with Crippen LogP contribution in [-0.2, 0) is 0 Å². The summed E-state index contributed by atoms with van der Waals surface area (Å²) in [6.45, 7) is 5.97. The molecule has 1 fully saturated rings. The second-order valence-electron chi connectivity index (χ2n) is 14.3. The molecule has 7 aromatic rings. The Morgan fingerprint density at radius 3 is 1.48 bits per heavy atom. The first-order valence-electron chi connectivity index (χ1n) is 19.2. The zero-order chi connectivity index (χ0) is 39.4. The summed E-state index contributed by atoms with van der Waals surface area (Å²) in [6, 6.07) is 44.9. The fraction of sp³-hybridized carbons (Fsp3) is 0.204. The van der Waals surface area contributed by atoms with Gasteiger partial charge in [0.2, 0.25) is 0 Å². The first-order valence-corrected chi connectivity index (χ1v) is 20.4. The van der Waals surface area contributed by atoms with Crippen LogP contribution in [0, 0.1) is 20.8 Å². The number of nitrogens with zero attached hydrogens (tertiary/aromatic N) is 3. The second kappa shape index (κ2) is 19.1. The maximum Gasteiger partial charge on any atom is 0.255 e. The van der Waals surface area contributed by atoms with Gasteiger partial charge in [0.05, 0.1) is 5.69 Å². The van der Waals surface area contributed by atoms with Crippen LogP contribution in [0.4, 0.5) is 0 Å². The Morgan fingerprint density at radius 2 is 0.946 bits per heavy atom. The number of para-hydroxylation sites is 1. The molecule has 6 nitrogen and oxygen atoms in total. The molecular weight excluding hydrogens is 711 g/mol. The van der Waals surface area contributed by atoms with E-state index in [-0.39, 0.29) is 16.7 Å². The summed E-state index contributed by atoms with van der Waals surface area (Å²) < 4.78 is 5.09. The predicted molar refractivity (Wildman–Crippen MR) is 233 cm³/mol. The van der Waals surface area contributed by atoms with Crippen LogP contribution in [0.2, 0.25) is 0 Å². The molecule has 3 heterocycles. The number of rotatable bonds is 6. The number of benzene rings is 4. The molecule has 1 saturated carbocycles. The van der Waals surface area contributed by atoms with Gasteiger partial charge in [-0.15, -0.1) is 11.8 Å². The maximum atomic E-state index is 12.1. The minimum Gasteiger partial charge on any atom is -0.284 e. The summed E-state index contributed by atoms with van der Waals surface area (Å²) in [5.41, 5.74) is 9.62. The van der Waals surface area contributed by atoms with Crippen LogP contribution in [0.5, 0.6) is 0 Å². The Kier molecular flexibility index (Phi) is 13.6. The van der Waals surface area contributed by atoms with E-state index in [9.17, 15) is 14.4 Å². The van der Waals surface area contributed by atoms with Gasteiger partial charge in [-0.25, -0.2) is 0 Å². The molecule has 0 saturated heterocycles. The van der Waals surface area contributed by atoms with Crippen molar-refractivity contribution >= 4 is 11.8 Å². The van der Waals surface area contributed by atoms with Gasteiger partial charge in [-0.1, -0.05) is 98.1 Å². The van der Waals surface area contributed by atoms with Gasteiger partial charge in [0, 0.05) is 58.6 Å². The SMILES string of the molecule is CSc1ccc(-n2cc(C)ccc2=O)cc1.Cc1ccc(=O)n(-c2ccc(C3CCCCC3)cc2)c1.Cc1ccc(=O)n(-c2ccccc2-c2ccccc2)c1. The van der Waals surface area contributed by atoms with Gasteiger partial charge in [0.25, 0.3) is 16.7 Å². The van der Waals surface area contributed by atoms with Crippen LogP contribution in [0.3, 0.4) is 0 Å². The molecule has 56 heavy (non-hydrogen) atoms. The Balaban J connectivity index is 0.000000144. The average Bonchev–Trinajstić information content (AvgIpc) is 3.25. The van der Waals surface area contributed by atoms with E-state index in [1.807, 2.05) is 131 Å². The van der Waals surface area contributed by atoms with Gasteiger partial charge >= 0.3 is 0 Å². The van der Waals surface area contributed by atoms with E-state index in [4.69, 9.17) is 0 Å². The summed E-state index contributed by atoms with van der Waals surface area (Å²) in [4.78, 5) is 36.9. The molecule has 3 aromatic heterocycles. The molecule has 1 aliphatic rings. The highest BCUT2D eigenvalue weighted by atomic mass is 32.2. The van der Waals surface area contributed by atoms with Gasteiger partial charge in [-0.05, 0) is 116 Å². The van der Waals surface area contributed by atoms with Crippen LogP contribution in [-0.4, -0.2) is 20.0 Å². The first-order chi connectivity index (χ1) is 27.2. The maximum absolute atomic E-state index is 12.1. The number of hydrogen-bond donors (Lipinski definition) is 0. The highest BCUT2D eigenvalue weighted by Gasteiger charge is 2.15. The molecule has 284 valence electrons. The molecule has 8 rings (SSSR count). The van der Waals surface area contributed by atoms with Crippen LogP contribution in [0.25, 0.3) is 28.2 Å². The molecule has 0 atom stereocenters. The zero-order valence-electron chi connectivity index (χ0n) is 32.6. The van der Waals surface area contributed by atoms with Gasteiger partial charge in [-0.2, -0.15) is 0 Å². The lowest BCUT2D eigenvalue weighted by Crippen LogP contribution is -2.17. The van der Waals surface area contributed by atoms with Gasteiger partial charge in [-0.3, -0.25) is 28.1 Å². The quantitative estimate of drug-likeness (QED) is 0.158. The Labute approximate surface area is 333 Å². The standard InChI is InChI=1S/C18H15NO.C18H21NO.C13H13NOS/c1-14-11-12-18(20)19(13-14)17-10-6-5-9-16(17)15-7-3-2-4-8-15;1-14-7-12-18(20)19(13-14)17-10-8-16(9-11-17)15-5-3-2-4-6-15;1-10-3-8-13(15)14(9-10)11-4-6-12(16-2)7-5-11/h2-13H,1H3;7-13,15H,2-6H2,1H3;3-9H,1-2H3. The molecule has 7 heteroatoms. The van der Waals surface area contributed by atoms with Crippen molar-refractivity contribution in [2.24, 2.45) is 0 Å². The third kappa shape index (κ3) is 10.2. The highest BCUT2D eigenvalue weighted by molar-refractivity contribution is 7.98. The average molecular weight is 760 g/mol. The molecule has 0 unspecified atom stereocenters. The molecule has 0 amide bonds. The summed E-state index contributed by atoms with van der Waals surface area (Å²) in [6.07, 6.45) is 14.4. The molecular formula is C49H49N3O3S. The first kappa shape index (κ1) is 39.8. The van der Waals surface area contributed by atoms with E-state index < -0.39 is 0 Å². The van der Waals surface area contributed by atoms with Crippen LogP contribution in [0.1, 0.15) is 60.3 Å². The zero-order valence-corrected chi connectivity index (χ0v) is 33.4. The van der Waals surface area contributed by atoms with Crippen molar-refractivity contribution < 1.29 is 0 Å².